The van der Waals surface area contributed by atoms with Crippen LogP contribution < -0.4 is 11.3 Å². The summed E-state index contributed by atoms with van der Waals surface area (Å²) in [6, 6.07) is 0. The highest BCUT2D eigenvalue weighted by Crippen LogP contribution is 1.86. The van der Waals surface area contributed by atoms with Crippen molar-refractivity contribution in [2.75, 3.05) is 0 Å². The number of nitrogens with two attached hydrogens (primary N) is 1. The molecule has 0 aromatic carbocycles. The average Bonchev–Trinajstić information content (AvgIpc) is 1.72. The molecule has 1 atom stereocenters. The van der Waals surface area contributed by atoms with Gasteiger partial charge in [-0.15, -0.1) is 4.91 Å². The Kier molecular flexibility index (Phi) is 3.45. The Labute approximate surface area is 42.0 Å². The Hall–Kier alpha value is -0.480. The molecule has 0 amide bonds. The van der Waals surface area contributed by atoms with Gasteiger partial charge in [-0.05, 0) is 11.6 Å². The van der Waals surface area contributed by atoms with Crippen molar-refractivity contribution in [3.63, 3.8) is 0 Å². The summed E-state index contributed by atoms with van der Waals surface area (Å²) in [5.41, 5.74) is 2.22. The van der Waals surface area contributed by atoms with E-state index in [2.05, 4.69) is 10.6 Å². The van der Waals surface area contributed by atoms with Crippen LogP contribution in [0.15, 0.2) is 5.18 Å². The van der Waals surface area contributed by atoms with Gasteiger partial charge in [0.05, 0.1) is 0 Å². The zero-order chi connectivity index (χ0) is 5.70. The summed E-state index contributed by atoms with van der Waals surface area (Å²) in [5.74, 6) is 4.85. The molecule has 0 aromatic heterocycles. The number of hydrogen-bond acceptors (Lipinski definition) is 4. The van der Waals surface area contributed by atoms with Gasteiger partial charge >= 0.3 is 0 Å². The fourth-order valence-corrected chi connectivity index (χ4v) is 0.223. The van der Waals surface area contributed by atoms with Gasteiger partial charge in [0.25, 0.3) is 0 Å². The summed E-state index contributed by atoms with van der Waals surface area (Å²) in [6.45, 7) is 1.83. The van der Waals surface area contributed by atoms with Gasteiger partial charge in [-0.3, -0.25) is 5.84 Å². The van der Waals surface area contributed by atoms with Crippen LogP contribution in [0.25, 0.3) is 0 Å². The molecule has 7 heavy (non-hydrogen) atoms. The highest BCUT2D eigenvalue weighted by atomic mass is 16.3. The predicted octanol–water partition coefficient (Wildman–Crippen LogP) is -0.0478. The van der Waals surface area contributed by atoms with E-state index in [1.807, 2.05) is 6.92 Å². The number of hydrazine groups is 1. The average molecular weight is 103 g/mol. The van der Waals surface area contributed by atoms with E-state index < -0.39 is 6.17 Å². The maximum atomic E-state index is 9.57. The molecule has 1 unspecified atom stereocenters. The van der Waals surface area contributed by atoms with E-state index in [1.54, 1.807) is 0 Å². The maximum absolute atomic E-state index is 9.57. The Morgan fingerprint density at radius 2 is 2.57 bits per heavy atom. The molecule has 0 aliphatic heterocycles. The van der Waals surface area contributed by atoms with Crippen molar-refractivity contribution in [2.24, 2.45) is 11.0 Å². The monoisotopic (exact) mass is 103 g/mol. The second kappa shape index (κ2) is 3.70. The van der Waals surface area contributed by atoms with Crippen molar-refractivity contribution >= 4 is 0 Å². The lowest BCUT2D eigenvalue weighted by Gasteiger charge is -1.99. The molecule has 3 N–H and O–H groups in total. The van der Waals surface area contributed by atoms with Crippen LogP contribution in [0.2, 0.25) is 0 Å². The van der Waals surface area contributed by atoms with Gasteiger partial charge in [0.2, 0.25) is 0 Å². The Morgan fingerprint density at radius 3 is 2.57 bits per heavy atom. The minimum atomic E-state index is -0.417. The third kappa shape index (κ3) is 2.24. The fourth-order valence-electron chi connectivity index (χ4n) is 0.223. The van der Waals surface area contributed by atoms with Crippen LogP contribution in [-0.4, -0.2) is 6.17 Å². The van der Waals surface area contributed by atoms with Crippen LogP contribution in [0.3, 0.4) is 0 Å². The molecule has 42 valence electrons. The van der Waals surface area contributed by atoms with Gasteiger partial charge in [-0.2, -0.15) is 0 Å². The van der Waals surface area contributed by atoms with Crippen LogP contribution >= 0.6 is 0 Å². The molecule has 0 aromatic rings. The van der Waals surface area contributed by atoms with Gasteiger partial charge in [0.1, 0.15) is 0 Å². The van der Waals surface area contributed by atoms with E-state index >= 15 is 0 Å². The number of rotatable bonds is 3. The minimum Gasteiger partial charge on any atom is -0.269 e. The van der Waals surface area contributed by atoms with Crippen LogP contribution in [0.4, 0.5) is 0 Å². The van der Waals surface area contributed by atoms with Crippen molar-refractivity contribution in [1.82, 2.24) is 5.43 Å². The lowest BCUT2D eigenvalue weighted by Crippen LogP contribution is -2.32. The molecule has 0 rings (SSSR count). The standard InChI is InChI=1S/C3H9N3O/c1-2-3(5-4)6-7/h3,5H,2,4H2,1H3. The highest BCUT2D eigenvalue weighted by Gasteiger charge is 1.97. The number of hydrogen-bond donors (Lipinski definition) is 2. The Balaban J connectivity index is 3.16. The molecule has 4 heteroatoms. The van der Waals surface area contributed by atoms with Gasteiger partial charge in [-0.1, -0.05) is 6.92 Å². The normalized spacial score (nSPS) is 13.4. The van der Waals surface area contributed by atoms with Crippen molar-refractivity contribution in [1.29, 1.82) is 0 Å². The first kappa shape index (κ1) is 6.52. The van der Waals surface area contributed by atoms with E-state index in [-0.39, 0.29) is 0 Å². The van der Waals surface area contributed by atoms with Crippen molar-refractivity contribution in [3.8, 4) is 0 Å². The topological polar surface area (TPSA) is 67.5 Å². The first-order valence-electron chi connectivity index (χ1n) is 2.13. The largest absolute Gasteiger partial charge is 0.269 e. The molecular formula is C3H9N3O. The predicted molar refractivity (Wildman–Crippen MR) is 27.2 cm³/mol. The molecule has 0 fully saturated rings. The first-order valence-corrected chi connectivity index (χ1v) is 2.13. The molecule has 0 saturated carbocycles. The van der Waals surface area contributed by atoms with Crippen molar-refractivity contribution in [3.05, 3.63) is 4.91 Å². The third-order valence-corrected chi connectivity index (χ3v) is 0.706. The number of nitrogens with one attached hydrogen (secondary N) is 1. The summed E-state index contributed by atoms with van der Waals surface area (Å²) in [6.07, 6.45) is 0.222. The molecule has 0 heterocycles. The fraction of sp³-hybridized carbons (Fsp3) is 1.00. The van der Waals surface area contributed by atoms with Gasteiger partial charge in [0.15, 0.2) is 6.17 Å². The lowest BCUT2D eigenvalue weighted by atomic mass is 10.4. The number of nitroso groups, excluding NO2 is 1. The minimum absolute atomic E-state index is 0.417. The van der Waals surface area contributed by atoms with Gasteiger partial charge < -0.3 is 0 Å². The summed E-state index contributed by atoms with van der Waals surface area (Å²) in [5, 5.41) is 2.64. The van der Waals surface area contributed by atoms with Gasteiger partial charge in [0, 0.05) is 0 Å². The van der Waals surface area contributed by atoms with E-state index in [1.165, 1.54) is 0 Å². The summed E-state index contributed by atoms with van der Waals surface area (Å²) in [4.78, 5) is 9.57. The highest BCUT2D eigenvalue weighted by molar-refractivity contribution is 4.52. The second-order valence-electron chi connectivity index (χ2n) is 1.20. The first-order chi connectivity index (χ1) is 3.35. The summed E-state index contributed by atoms with van der Waals surface area (Å²) in [7, 11) is 0. The summed E-state index contributed by atoms with van der Waals surface area (Å²) < 4.78 is 0. The van der Waals surface area contributed by atoms with Crippen molar-refractivity contribution < 1.29 is 0 Å². The maximum Gasteiger partial charge on any atom is 0.154 e. The van der Waals surface area contributed by atoms with E-state index in [9.17, 15) is 4.91 Å². The van der Waals surface area contributed by atoms with Crippen LogP contribution in [0.1, 0.15) is 13.3 Å². The molecule has 4 nitrogen and oxygen atoms in total. The number of nitrogens with zero attached hydrogens (tertiary/aromatic N) is 1. The second-order valence-corrected chi connectivity index (χ2v) is 1.20. The smallest absolute Gasteiger partial charge is 0.154 e. The molecule has 0 spiro atoms. The van der Waals surface area contributed by atoms with E-state index in [0.29, 0.717) is 6.42 Å². The molecular weight excluding hydrogens is 94.1 g/mol. The van der Waals surface area contributed by atoms with Gasteiger partial charge in [-0.25, -0.2) is 5.43 Å². The molecule has 0 bridgehead atoms. The van der Waals surface area contributed by atoms with Crippen LogP contribution in [-0.2, 0) is 0 Å². The summed E-state index contributed by atoms with van der Waals surface area (Å²) >= 11 is 0. The lowest BCUT2D eigenvalue weighted by molar-refractivity contribution is 0.531. The molecule has 0 radical (unpaired) electrons. The SMILES string of the molecule is CCC(N=O)NN. The zero-order valence-corrected chi connectivity index (χ0v) is 4.22. The Morgan fingerprint density at radius 1 is 2.00 bits per heavy atom. The zero-order valence-electron chi connectivity index (χ0n) is 4.22. The van der Waals surface area contributed by atoms with E-state index in [0.717, 1.165) is 0 Å². The van der Waals surface area contributed by atoms with E-state index in [4.69, 9.17) is 5.84 Å². The van der Waals surface area contributed by atoms with Crippen LogP contribution in [0, 0.1) is 4.91 Å². The third-order valence-electron chi connectivity index (χ3n) is 0.706. The van der Waals surface area contributed by atoms with Crippen molar-refractivity contribution in [2.45, 2.75) is 19.5 Å². The molecule has 0 saturated heterocycles. The quantitative estimate of drug-likeness (QED) is 0.299. The van der Waals surface area contributed by atoms with Crippen LogP contribution in [0.5, 0.6) is 0 Å². The molecule has 0 aliphatic rings. The molecule has 0 aliphatic carbocycles. The Bertz CT molecular complexity index is 52.1.